The summed E-state index contributed by atoms with van der Waals surface area (Å²) in [6.45, 7) is 7.56. The van der Waals surface area contributed by atoms with Gasteiger partial charge in [0.15, 0.2) is 0 Å². The van der Waals surface area contributed by atoms with Crippen molar-refractivity contribution in [1.82, 2.24) is 0 Å². The molecule has 13 heavy (non-hydrogen) atoms. The highest BCUT2D eigenvalue weighted by atomic mass is 32.1. The molecule has 0 aliphatic carbocycles. The van der Waals surface area contributed by atoms with Crippen molar-refractivity contribution in [3.05, 3.63) is 21.9 Å². The van der Waals surface area contributed by atoms with Crippen molar-refractivity contribution in [2.45, 2.75) is 33.3 Å². The summed E-state index contributed by atoms with van der Waals surface area (Å²) in [5, 5.41) is 1.94. The molecule has 1 aromatic heterocycles. The van der Waals surface area contributed by atoms with Crippen LogP contribution in [0.2, 0.25) is 0 Å². The van der Waals surface area contributed by atoms with Crippen LogP contribution in [0.1, 0.15) is 36.0 Å². The number of aryl methyl sites for hydroxylation is 1. The molecule has 0 saturated heterocycles. The fraction of sp³-hybridized carbons (Fsp3) is 0.500. The summed E-state index contributed by atoms with van der Waals surface area (Å²) < 4.78 is 5.21. The fourth-order valence-corrected chi connectivity index (χ4v) is 1.64. The molecule has 1 heterocycles. The van der Waals surface area contributed by atoms with Crippen LogP contribution in [0.4, 0.5) is 0 Å². The first-order valence-electron chi connectivity index (χ1n) is 4.17. The SMILES string of the molecule is Cc1csc(C(=O)OC(C)(C)C)c1. The Hall–Kier alpha value is -0.830. The van der Waals surface area contributed by atoms with Gasteiger partial charge in [-0.25, -0.2) is 4.79 Å². The molecule has 3 heteroatoms. The van der Waals surface area contributed by atoms with Gasteiger partial charge in [-0.3, -0.25) is 0 Å². The van der Waals surface area contributed by atoms with Gasteiger partial charge in [-0.05, 0) is 44.7 Å². The Morgan fingerprint density at radius 1 is 1.46 bits per heavy atom. The first-order valence-corrected chi connectivity index (χ1v) is 5.05. The molecule has 1 aromatic rings. The predicted molar refractivity (Wildman–Crippen MR) is 54.2 cm³/mol. The van der Waals surface area contributed by atoms with E-state index in [0.717, 1.165) is 5.56 Å². The largest absolute Gasteiger partial charge is 0.456 e. The van der Waals surface area contributed by atoms with Crippen LogP contribution in [-0.4, -0.2) is 11.6 Å². The van der Waals surface area contributed by atoms with Crippen LogP contribution in [0.5, 0.6) is 0 Å². The summed E-state index contributed by atoms with van der Waals surface area (Å²) >= 11 is 1.42. The molecule has 0 aromatic carbocycles. The quantitative estimate of drug-likeness (QED) is 0.648. The van der Waals surface area contributed by atoms with Gasteiger partial charge < -0.3 is 4.74 Å². The van der Waals surface area contributed by atoms with Gasteiger partial charge in [-0.15, -0.1) is 11.3 Å². The molecular formula is C10H14O2S. The van der Waals surface area contributed by atoms with E-state index < -0.39 is 5.60 Å². The molecular weight excluding hydrogens is 184 g/mol. The van der Waals surface area contributed by atoms with E-state index in [0.29, 0.717) is 4.88 Å². The average molecular weight is 198 g/mol. The molecule has 0 radical (unpaired) electrons. The van der Waals surface area contributed by atoms with Gasteiger partial charge in [0.05, 0.1) is 0 Å². The second-order valence-corrected chi connectivity index (χ2v) is 4.90. The number of carbonyl (C=O) groups is 1. The topological polar surface area (TPSA) is 26.3 Å². The summed E-state index contributed by atoms with van der Waals surface area (Å²) in [7, 11) is 0. The zero-order valence-corrected chi connectivity index (χ0v) is 9.20. The number of esters is 1. The van der Waals surface area contributed by atoms with Crippen molar-refractivity contribution < 1.29 is 9.53 Å². The van der Waals surface area contributed by atoms with Gasteiger partial charge in [0, 0.05) is 0 Å². The van der Waals surface area contributed by atoms with E-state index in [4.69, 9.17) is 4.74 Å². The molecule has 0 bridgehead atoms. The Bertz CT molecular complexity index is 307. The first kappa shape index (κ1) is 10.3. The number of hydrogen-bond donors (Lipinski definition) is 0. The molecule has 0 N–H and O–H groups in total. The van der Waals surface area contributed by atoms with E-state index >= 15 is 0 Å². The number of carbonyl (C=O) groups excluding carboxylic acids is 1. The first-order chi connectivity index (χ1) is 5.88. The van der Waals surface area contributed by atoms with E-state index in [1.807, 2.05) is 39.1 Å². The van der Waals surface area contributed by atoms with Crippen LogP contribution in [0.15, 0.2) is 11.4 Å². The third-order valence-corrected chi connectivity index (χ3v) is 2.36. The summed E-state index contributed by atoms with van der Waals surface area (Å²) in [4.78, 5) is 12.1. The van der Waals surface area contributed by atoms with Crippen LogP contribution < -0.4 is 0 Å². The van der Waals surface area contributed by atoms with Gasteiger partial charge in [0.2, 0.25) is 0 Å². The number of ether oxygens (including phenoxy) is 1. The monoisotopic (exact) mass is 198 g/mol. The zero-order chi connectivity index (χ0) is 10.1. The van der Waals surface area contributed by atoms with E-state index in [1.165, 1.54) is 11.3 Å². The molecule has 72 valence electrons. The average Bonchev–Trinajstić information content (AvgIpc) is 2.31. The predicted octanol–water partition coefficient (Wildman–Crippen LogP) is 3.01. The van der Waals surface area contributed by atoms with Gasteiger partial charge in [0.1, 0.15) is 10.5 Å². The minimum atomic E-state index is -0.408. The van der Waals surface area contributed by atoms with Crippen molar-refractivity contribution in [1.29, 1.82) is 0 Å². The normalized spacial score (nSPS) is 11.4. The molecule has 0 atom stereocenters. The van der Waals surface area contributed by atoms with Gasteiger partial charge in [-0.1, -0.05) is 0 Å². The second kappa shape index (κ2) is 3.50. The van der Waals surface area contributed by atoms with Gasteiger partial charge in [0.25, 0.3) is 0 Å². The minimum absolute atomic E-state index is 0.231. The number of hydrogen-bond acceptors (Lipinski definition) is 3. The number of thiophene rings is 1. The highest BCUT2D eigenvalue weighted by Gasteiger charge is 2.18. The molecule has 0 spiro atoms. The molecule has 1 rings (SSSR count). The Morgan fingerprint density at radius 2 is 2.08 bits per heavy atom. The van der Waals surface area contributed by atoms with Crippen molar-refractivity contribution in [3.63, 3.8) is 0 Å². The van der Waals surface area contributed by atoms with Crippen molar-refractivity contribution in [2.24, 2.45) is 0 Å². The lowest BCUT2D eigenvalue weighted by molar-refractivity contribution is 0.00752. The maximum atomic E-state index is 11.5. The fourth-order valence-electron chi connectivity index (χ4n) is 0.867. The Morgan fingerprint density at radius 3 is 2.46 bits per heavy atom. The smallest absolute Gasteiger partial charge is 0.348 e. The highest BCUT2D eigenvalue weighted by molar-refractivity contribution is 7.12. The maximum absolute atomic E-state index is 11.5. The third-order valence-electron chi connectivity index (χ3n) is 1.33. The van der Waals surface area contributed by atoms with Crippen molar-refractivity contribution in [3.8, 4) is 0 Å². The Kier molecular flexibility index (Phi) is 2.76. The molecule has 0 saturated carbocycles. The second-order valence-electron chi connectivity index (χ2n) is 3.99. The summed E-state index contributed by atoms with van der Waals surface area (Å²) in [5.74, 6) is -0.231. The maximum Gasteiger partial charge on any atom is 0.348 e. The lowest BCUT2D eigenvalue weighted by atomic mass is 10.2. The third kappa shape index (κ3) is 3.19. The Labute approximate surface area is 82.5 Å². The van der Waals surface area contributed by atoms with Gasteiger partial charge >= 0.3 is 5.97 Å². The van der Waals surface area contributed by atoms with E-state index in [9.17, 15) is 4.79 Å². The van der Waals surface area contributed by atoms with E-state index in [2.05, 4.69) is 0 Å². The highest BCUT2D eigenvalue weighted by Crippen LogP contribution is 2.18. The summed E-state index contributed by atoms with van der Waals surface area (Å²) in [5.41, 5.74) is 0.695. The van der Waals surface area contributed by atoms with Crippen molar-refractivity contribution in [2.75, 3.05) is 0 Å². The van der Waals surface area contributed by atoms with E-state index in [1.54, 1.807) is 0 Å². The molecule has 0 amide bonds. The molecule has 2 nitrogen and oxygen atoms in total. The van der Waals surface area contributed by atoms with Crippen LogP contribution in [0, 0.1) is 6.92 Å². The molecule has 0 fully saturated rings. The minimum Gasteiger partial charge on any atom is -0.456 e. The zero-order valence-electron chi connectivity index (χ0n) is 8.38. The van der Waals surface area contributed by atoms with Crippen LogP contribution >= 0.6 is 11.3 Å². The lowest BCUT2D eigenvalue weighted by Crippen LogP contribution is -2.23. The summed E-state index contributed by atoms with van der Waals surface area (Å²) in [6.07, 6.45) is 0. The standard InChI is InChI=1S/C10H14O2S/c1-7-5-8(13-6-7)9(11)12-10(2,3)4/h5-6H,1-4H3. The Balaban J connectivity index is 2.70. The van der Waals surface area contributed by atoms with Crippen LogP contribution in [-0.2, 0) is 4.74 Å². The van der Waals surface area contributed by atoms with Gasteiger partial charge in [-0.2, -0.15) is 0 Å². The molecule has 0 aliphatic rings. The van der Waals surface area contributed by atoms with Crippen molar-refractivity contribution >= 4 is 17.3 Å². The van der Waals surface area contributed by atoms with Crippen LogP contribution in [0.3, 0.4) is 0 Å². The lowest BCUT2D eigenvalue weighted by Gasteiger charge is -2.18. The summed E-state index contributed by atoms with van der Waals surface area (Å²) in [6, 6.07) is 1.85. The molecule has 0 aliphatic heterocycles. The van der Waals surface area contributed by atoms with Crippen LogP contribution in [0.25, 0.3) is 0 Å². The van der Waals surface area contributed by atoms with E-state index in [-0.39, 0.29) is 5.97 Å². The number of rotatable bonds is 1. The molecule has 0 unspecified atom stereocenters.